The van der Waals surface area contributed by atoms with Crippen molar-refractivity contribution in [1.29, 1.82) is 0 Å². The number of hydrogen-bond donors (Lipinski definition) is 1. The zero-order valence-corrected chi connectivity index (χ0v) is 11.5. The minimum absolute atomic E-state index is 0.478. The molecule has 1 N–H and O–H groups in total. The van der Waals surface area contributed by atoms with Gasteiger partial charge in [-0.15, -0.1) is 0 Å². The van der Waals surface area contributed by atoms with Crippen LogP contribution in [0.2, 0.25) is 0 Å². The van der Waals surface area contributed by atoms with Crippen LogP contribution in [-0.2, 0) is 6.54 Å². The standard InChI is InChI=1S/C15H14N4O2/c1-9-13-14(16-8-17-15(13)21-18-9)19-6-10-4-2-3-5-11(10)12(20)7-19/h2-5,8,12,20H,6-7H2,1H3. The maximum atomic E-state index is 10.4. The normalized spacial score (nSPS) is 18.0. The van der Waals surface area contributed by atoms with Crippen molar-refractivity contribution in [3.63, 3.8) is 0 Å². The van der Waals surface area contributed by atoms with Gasteiger partial charge in [0.05, 0.1) is 11.8 Å². The van der Waals surface area contributed by atoms with Crippen molar-refractivity contribution in [3.8, 4) is 0 Å². The molecule has 2 aromatic heterocycles. The lowest BCUT2D eigenvalue weighted by Gasteiger charge is -2.33. The van der Waals surface area contributed by atoms with E-state index in [4.69, 9.17) is 4.52 Å². The number of aliphatic hydroxyl groups is 1. The number of benzene rings is 1. The van der Waals surface area contributed by atoms with Gasteiger partial charge in [-0.3, -0.25) is 0 Å². The third-order valence-electron chi connectivity index (χ3n) is 3.89. The fourth-order valence-corrected chi connectivity index (χ4v) is 2.89. The molecule has 6 heteroatoms. The van der Waals surface area contributed by atoms with E-state index in [-0.39, 0.29) is 0 Å². The van der Waals surface area contributed by atoms with Crippen molar-refractivity contribution >= 4 is 16.9 Å². The molecule has 1 atom stereocenters. The molecule has 0 fully saturated rings. The fraction of sp³-hybridized carbons (Fsp3) is 0.267. The number of β-amino-alcohol motifs (C(OH)–C–C–N with tert-alkyl or cyclic N) is 1. The molecular formula is C15H14N4O2. The molecule has 0 amide bonds. The minimum Gasteiger partial charge on any atom is -0.387 e. The summed E-state index contributed by atoms with van der Waals surface area (Å²) in [5.41, 5.74) is 3.33. The molecule has 21 heavy (non-hydrogen) atoms. The predicted molar refractivity (Wildman–Crippen MR) is 76.8 cm³/mol. The molecule has 106 valence electrons. The molecule has 3 heterocycles. The van der Waals surface area contributed by atoms with Crippen LogP contribution < -0.4 is 4.90 Å². The van der Waals surface area contributed by atoms with Gasteiger partial charge in [-0.2, -0.15) is 4.98 Å². The smallest absolute Gasteiger partial charge is 0.263 e. The predicted octanol–water partition coefficient (Wildman–Crippen LogP) is 1.98. The zero-order chi connectivity index (χ0) is 14.4. The van der Waals surface area contributed by atoms with Gasteiger partial charge < -0.3 is 14.5 Å². The highest BCUT2D eigenvalue weighted by Crippen LogP contribution is 2.33. The highest BCUT2D eigenvalue weighted by molar-refractivity contribution is 5.88. The first-order valence-corrected chi connectivity index (χ1v) is 6.82. The summed E-state index contributed by atoms with van der Waals surface area (Å²) in [6, 6.07) is 7.93. The van der Waals surface area contributed by atoms with Crippen molar-refractivity contribution in [3.05, 3.63) is 47.4 Å². The Kier molecular flexibility index (Phi) is 2.65. The van der Waals surface area contributed by atoms with Crippen LogP contribution in [0, 0.1) is 6.92 Å². The Bertz CT molecular complexity index is 814. The van der Waals surface area contributed by atoms with Gasteiger partial charge in [-0.1, -0.05) is 29.4 Å². The van der Waals surface area contributed by atoms with Gasteiger partial charge in [0.2, 0.25) is 0 Å². The number of anilines is 1. The van der Waals surface area contributed by atoms with Gasteiger partial charge in [0.15, 0.2) is 0 Å². The van der Waals surface area contributed by atoms with Crippen LogP contribution >= 0.6 is 0 Å². The SMILES string of the molecule is Cc1noc2ncnc(N3Cc4ccccc4C(O)C3)c12. The molecule has 1 aliphatic heterocycles. The van der Waals surface area contributed by atoms with Gasteiger partial charge in [0, 0.05) is 13.1 Å². The molecule has 0 aliphatic carbocycles. The van der Waals surface area contributed by atoms with Crippen molar-refractivity contribution in [2.24, 2.45) is 0 Å². The Hall–Kier alpha value is -2.47. The Balaban J connectivity index is 1.82. The molecule has 0 bridgehead atoms. The van der Waals surface area contributed by atoms with Crippen LogP contribution in [0.15, 0.2) is 35.1 Å². The first kappa shape index (κ1) is 12.3. The lowest BCUT2D eigenvalue weighted by Crippen LogP contribution is -2.34. The second-order valence-corrected chi connectivity index (χ2v) is 5.24. The Morgan fingerprint density at radius 3 is 3.05 bits per heavy atom. The average molecular weight is 282 g/mol. The molecule has 3 aromatic rings. The molecule has 0 saturated heterocycles. The number of nitrogens with zero attached hydrogens (tertiary/aromatic N) is 4. The van der Waals surface area contributed by atoms with Gasteiger partial charge in [-0.25, -0.2) is 4.98 Å². The van der Waals surface area contributed by atoms with Crippen molar-refractivity contribution in [2.45, 2.75) is 19.6 Å². The summed E-state index contributed by atoms with van der Waals surface area (Å²) >= 11 is 0. The van der Waals surface area contributed by atoms with E-state index >= 15 is 0 Å². The lowest BCUT2D eigenvalue weighted by atomic mass is 9.97. The van der Waals surface area contributed by atoms with Gasteiger partial charge in [-0.05, 0) is 18.1 Å². The largest absolute Gasteiger partial charge is 0.387 e. The van der Waals surface area contributed by atoms with Crippen LogP contribution in [0.4, 0.5) is 5.82 Å². The Labute approximate surface area is 121 Å². The number of aliphatic hydroxyl groups excluding tert-OH is 1. The van der Waals surface area contributed by atoms with E-state index in [2.05, 4.69) is 15.1 Å². The van der Waals surface area contributed by atoms with Gasteiger partial charge >= 0.3 is 0 Å². The van der Waals surface area contributed by atoms with Crippen LogP contribution in [0.5, 0.6) is 0 Å². The van der Waals surface area contributed by atoms with Crippen molar-refractivity contribution < 1.29 is 9.63 Å². The van der Waals surface area contributed by atoms with Crippen LogP contribution in [0.3, 0.4) is 0 Å². The molecule has 6 nitrogen and oxygen atoms in total. The van der Waals surface area contributed by atoms with E-state index in [0.29, 0.717) is 18.8 Å². The van der Waals surface area contributed by atoms with E-state index in [9.17, 15) is 5.11 Å². The molecule has 0 spiro atoms. The summed E-state index contributed by atoms with van der Waals surface area (Å²) in [5, 5.41) is 15.1. The fourth-order valence-electron chi connectivity index (χ4n) is 2.89. The van der Waals surface area contributed by atoms with Crippen LogP contribution in [-0.4, -0.2) is 26.8 Å². The highest BCUT2D eigenvalue weighted by Gasteiger charge is 2.26. The maximum absolute atomic E-state index is 10.4. The number of aromatic nitrogens is 3. The lowest BCUT2D eigenvalue weighted by molar-refractivity contribution is 0.175. The van der Waals surface area contributed by atoms with E-state index < -0.39 is 6.10 Å². The van der Waals surface area contributed by atoms with Crippen molar-refractivity contribution in [1.82, 2.24) is 15.1 Å². The third kappa shape index (κ3) is 1.87. The molecule has 1 unspecified atom stereocenters. The van der Waals surface area contributed by atoms with E-state index in [1.54, 1.807) is 0 Å². The number of rotatable bonds is 1. The van der Waals surface area contributed by atoms with Gasteiger partial charge in [0.25, 0.3) is 5.71 Å². The molecule has 0 saturated carbocycles. The highest BCUT2D eigenvalue weighted by atomic mass is 16.5. The monoisotopic (exact) mass is 282 g/mol. The molecular weight excluding hydrogens is 268 g/mol. The topological polar surface area (TPSA) is 75.3 Å². The van der Waals surface area contributed by atoms with Crippen molar-refractivity contribution in [2.75, 3.05) is 11.4 Å². The maximum Gasteiger partial charge on any atom is 0.263 e. The first-order valence-electron chi connectivity index (χ1n) is 6.82. The molecule has 4 rings (SSSR count). The third-order valence-corrected chi connectivity index (χ3v) is 3.89. The first-order chi connectivity index (χ1) is 10.2. The van der Waals surface area contributed by atoms with E-state index in [1.807, 2.05) is 36.1 Å². The van der Waals surface area contributed by atoms with Crippen LogP contribution in [0.25, 0.3) is 11.1 Å². The summed E-state index contributed by atoms with van der Waals surface area (Å²) in [6.07, 6.45) is 0.940. The quantitative estimate of drug-likeness (QED) is 0.735. The average Bonchev–Trinajstić information content (AvgIpc) is 2.89. The van der Waals surface area contributed by atoms with Gasteiger partial charge in [0.1, 0.15) is 17.5 Å². The number of fused-ring (bicyclic) bond motifs is 2. The van der Waals surface area contributed by atoms with E-state index in [0.717, 1.165) is 28.0 Å². The second kappa shape index (κ2) is 4.53. The summed E-state index contributed by atoms with van der Waals surface area (Å²) in [5.74, 6) is 0.757. The Morgan fingerprint density at radius 2 is 2.14 bits per heavy atom. The summed E-state index contributed by atoms with van der Waals surface area (Å²) < 4.78 is 5.19. The van der Waals surface area contributed by atoms with Crippen LogP contribution in [0.1, 0.15) is 22.9 Å². The summed E-state index contributed by atoms with van der Waals surface area (Å²) in [4.78, 5) is 10.5. The van der Waals surface area contributed by atoms with E-state index in [1.165, 1.54) is 6.33 Å². The number of hydrogen-bond acceptors (Lipinski definition) is 6. The molecule has 1 aliphatic rings. The molecule has 1 aromatic carbocycles. The minimum atomic E-state index is -0.528. The summed E-state index contributed by atoms with van der Waals surface area (Å²) in [7, 11) is 0. The second-order valence-electron chi connectivity index (χ2n) is 5.24. The zero-order valence-electron chi connectivity index (χ0n) is 11.5. The molecule has 0 radical (unpaired) electrons. The Morgan fingerprint density at radius 1 is 1.29 bits per heavy atom. The number of aryl methyl sites for hydroxylation is 1. The summed E-state index contributed by atoms with van der Waals surface area (Å²) in [6.45, 7) is 3.06.